The lowest BCUT2D eigenvalue weighted by atomic mass is 9.87. The van der Waals surface area contributed by atoms with E-state index >= 15 is 4.39 Å². The minimum atomic E-state index is -4.22. The average Bonchev–Trinajstić information content (AvgIpc) is 2.83. The van der Waals surface area contributed by atoms with Crippen LogP contribution in [0, 0.1) is 26.6 Å². The number of carbonyl (C=O) groups is 1. The molecule has 0 aliphatic carbocycles. The van der Waals surface area contributed by atoms with Gasteiger partial charge < -0.3 is 9.47 Å². The molecule has 3 rings (SSSR count). The van der Waals surface area contributed by atoms with Crippen LogP contribution in [0.15, 0.2) is 29.2 Å². The van der Waals surface area contributed by atoms with Crippen LogP contribution >= 0.6 is 11.6 Å². The number of rotatable bonds is 4. The summed E-state index contributed by atoms with van der Waals surface area (Å²) in [6, 6.07) is 4.53. The smallest absolute Gasteiger partial charge is 0.325 e. The van der Waals surface area contributed by atoms with E-state index in [9.17, 15) is 13.2 Å². The molecule has 0 fully saturated rings. The summed E-state index contributed by atoms with van der Waals surface area (Å²) < 4.78 is 55.3. The normalized spacial score (nSPS) is 17.8. The minimum absolute atomic E-state index is 0.00525. The van der Waals surface area contributed by atoms with Gasteiger partial charge in [-0.1, -0.05) is 24.6 Å². The quantitative estimate of drug-likeness (QED) is 0.521. The van der Waals surface area contributed by atoms with Crippen LogP contribution in [0.3, 0.4) is 0 Å². The van der Waals surface area contributed by atoms with Crippen molar-refractivity contribution in [2.75, 3.05) is 13.2 Å². The summed E-state index contributed by atoms with van der Waals surface area (Å²) in [5, 5.41) is 0.372. The standard InChI is InChI=1S/C25H31ClFNO5S/c1-14-8-10-19(27)21(15(14)2)17(4)22(24(29)33-25(5,6)7)28-12-13-32-23-16(3)18(26)9-11-20(23)34(28,30)31/h8-11,17,22H,12-13H2,1-7H3/t17?,22-/m0/s1. The largest absolute Gasteiger partial charge is 0.490 e. The van der Waals surface area contributed by atoms with Crippen LogP contribution in [0.1, 0.15) is 55.9 Å². The fourth-order valence-corrected chi connectivity index (χ4v) is 6.22. The maximum Gasteiger partial charge on any atom is 0.325 e. The van der Waals surface area contributed by atoms with Gasteiger partial charge in [-0.3, -0.25) is 4.79 Å². The second-order valence-corrected chi connectivity index (χ2v) is 11.9. The van der Waals surface area contributed by atoms with Gasteiger partial charge in [-0.25, -0.2) is 12.8 Å². The van der Waals surface area contributed by atoms with Crippen molar-refractivity contribution in [2.24, 2.45) is 0 Å². The Labute approximate surface area is 206 Å². The Balaban J connectivity index is 2.21. The second-order valence-electron chi connectivity index (χ2n) is 9.63. The molecule has 0 bridgehead atoms. The zero-order chi connectivity index (χ0) is 25.6. The van der Waals surface area contributed by atoms with Gasteiger partial charge in [0.2, 0.25) is 10.0 Å². The van der Waals surface area contributed by atoms with E-state index < -0.39 is 39.4 Å². The van der Waals surface area contributed by atoms with Crippen LogP contribution in [0.4, 0.5) is 4.39 Å². The number of fused-ring (bicyclic) bond motifs is 1. The topological polar surface area (TPSA) is 72.9 Å². The Morgan fingerprint density at radius 2 is 1.79 bits per heavy atom. The van der Waals surface area contributed by atoms with Gasteiger partial charge in [-0.05, 0) is 76.4 Å². The molecule has 34 heavy (non-hydrogen) atoms. The lowest BCUT2D eigenvalue weighted by Gasteiger charge is -2.35. The first-order valence-electron chi connectivity index (χ1n) is 11.1. The number of carbonyl (C=O) groups excluding carboxylic acids is 1. The number of aryl methyl sites for hydroxylation is 1. The van der Waals surface area contributed by atoms with Crippen molar-refractivity contribution in [3.05, 3.63) is 57.4 Å². The highest BCUT2D eigenvalue weighted by atomic mass is 35.5. The number of hydrogen-bond acceptors (Lipinski definition) is 5. The lowest BCUT2D eigenvalue weighted by Crippen LogP contribution is -2.50. The van der Waals surface area contributed by atoms with Crippen LogP contribution in [0.2, 0.25) is 5.02 Å². The third-order valence-electron chi connectivity index (χ3n) is 6.07. The zero-order valence-corrected chi connectivity index (χ0v) is 22.1. The third-order valence-corrected chi connectivity index (χ3v) is 8.38. The van der Waals surface area contributed by atoms with Crippen molar-refractivity contribution in [2.45, 2.75) is 70.9 Å². The van der Waals surface area contributed by atoms with E-state index in [1.54, 1.807) is 47.6 Å². The van der Waals surface area contributed by atoms with E-state index in [1.165, 1.54) is 18.2 Å². The van der Waals surface area contributed by atoms with Crippen LogP contribution in [0.5, 0.6) is 5.75 Å². The summed E-state index contributed by atoms with van der Waals surface area (Å²) in [7, 11) is -4.22. The summed E-state index contributed by atoms with van der Waals surface area (Å²) in [4.78, 5) is 13.4. The first-order valence-corrected chi connectivity index (χ1v) is 12.9. The summed E-state index contributed by atoms with van der Waals surface area (Å²) in [5.74, 6) is -1.93. The van der Waals surface area contributed by atoms with Crippen molar-refractivity contribution < 1.29 is 27.1 Å². The molecule has 0 spiro atoms. The van der Waals surface area contributed by atoms with Crippen LogP contribution in [0.25, 0.3) is 0 Å². The van der Waals surface area contributed by atoms with Gasteiger partial charge >= 0.3 is 5.97 Å². The molecule has 0 N–H and O–H groups in total. The monoisotopic (exact) mass is 511 g/mol. The van der Waals surface area contributed by atoms with Crippen LogP contribution in [-0.4, -0.2) is 43.5 Å². The van der Waals surface area contributed by atoms with Gasteiger partial charge in [0, 0.05) is 23.0 Å². The fourth-order valence-electron chi connectivity index (χ4n) is 4.25. The fraction of sp³-hybridized carbons (Fsp3) is 0.480. The van der Waals surface area contributed by atoms with E-state index in [2.05, 4.69) is 0 Å². The molecule has 9 heteroatoms. The van der Waals surface area contributed by atoms with Gasteiger partial charge in [-0.15, -0.1) is 0 Å². The van der Waals surface area contributed by atoms with Crippen LogP contribution in [-0.2, 0) is 19.6 Å². The highest BCUT2D eigenvalue weighted by molar-refractivity contribution is 7.89. The Bertz CT molecular complexity index is 1220. The molecule has 6 nitrogen and oxygen atoms in total. The van der Waals surface area contributed by atoms with Crippen molar-refractivity contribution in [1.82, 2.24) is 4.31 Å². The lowest BCUT2D eigenvalue weighted by molar-refractivity contribution is -0.160. The maximum atomic E-state index is 15.1. The number of sulfonamides is 1. The summed E-state index contributed by atoms with van der Waals surface area (Å²) in [6.07, 6.45) is 0. The minimum Gasteiger partial charge on any atom is -0.490 e. The number of esters is 1. The van der Waals surface area contributed by atoms with E-state index in [-0.39, 0.29) is 29.4 Å². The molecule has 0 saturated carbocycles. The molecule has 2 aromatic carbocycles. The van der Waals surface area contributed by atoms with Gasteiger partial charge in [0.15, 0.2) is 0 Å². The van der Waals surface area contributed by atoms with Crippen molar-refractivity contribution in [3.63, 3.8) is 0 Å². The van der Waals surface area contributed by atoms with E-state index in [1.807, 2.05) is 6.92 Å². The molecule has 0 saturated heterocycles. The average molecular weight is 512 g/mol. The second kappa shape index (κ2) is 9.47. The third kappa shape index (κ3) is 4.95. The number of benzene rings is 2. The molecule has 0 aromatic heterocycles. The zero-order valence-electron chi connectivity index (χ0n) is 20.5. The molecule has 1 unspecified atom stereocenters. The van der Waals surface area contributed by atoms with Crippen LogP contribution < -0.4 is 4.74 Å². The predicted molar refractivity (Wildman–Crippen MR) is 129 cm³/mol. The number of nitrogens with zero attached hydrogens (tertiary/aromatic N) is 1. The Hall–Kier alpha value is -2.16. The van der Waals surface area contributed by atoms with Gasteiger partial charge in [0.25, 0.3) is 0 Å². The number of halogens is 2. The maximum absolute atomic E-state index is 15.1. The first-order chi connectivity index (χ1) is 15.7. The summed E-state index contributed by atoms with van der Waals surface area (Å²) in [6.45, 7) is 11.9. The predicted octanol–water partition coefficient (Wildman–Crippen LogP) is 5.30. The SMILES string of the molecule is Cc1ccc(F)c(C(C)[C@@H](C(=O)OC(C)(C)C)N2CCOc3c(ccc(Cl)c3C)S2(=O)=O)c1C. The molecule has 1 aliphatic rings. The Kier molecular flexibility index (Phi) is 7.37. The molecule has 2 atom stereocenters. The molecular formula is C25H31ClFNO5S. The van der Waals surface area contributed by atoms with E-state index in [0.717, 1.165) is 9.87 Å². The van der Waals surface area contributed by atoms with Gasteiger partial charge in [0.1, 0.15) is 34.7 Å². The van der Waals surface area contributed by atoms with E-state index in [4.69, 9.17) is 21.1 Å². The number of ether oxygens (including phenoxy) is 2. The van der Waals surface area contributed by atoms with Crippen molar-refractivity contribution >= 4 is 27.6 Å². The van der Waals surface area contributed by atoms with Gasteiger partial charge in [-0.2, -0.15) is 4.31 Å². The highest BCUT2D eigenvalue weighted by Gasteiger charge is 2.45. The van der Waals surface area contributed by atoms with Crippen molar-refractivity contribution in [1.29, 1.82) is 0 Å². The molecule has 1 heterocycles. The highest BCUT2D eigenvalue weighted by Crippen LogP contribution is 2.40. The summed E-state index contributed by atoms with van der Waals surface area (Å²) >= 11 is 6.19. The first kappa shape index (κ1) is 26.4. The molecule has 1 aliphatic heterocycles. The molecule has 0 amide bonds. The molecule has 0 radical (unpaired) electrons. The Morgan fingerprint density at radius 1 is 1.15 bits per heavy atom. The van der Waals surface area contributed by atoms with Gasteiger partial charge in [0.05, 0.1) is 0 Å². The molecular weight excluding hydrogens is 481 g/mol. The number of hydrogen-bond donors (Lipinski definition) is 0. The molecule has 186 valence electrons. The van der Waals surface area contributed by atoms with E-state index in [0.29, 0.717) is 16.1 Å². The summed E-state index contributed by atoms with van der Waals surface area (Å²) in [5.41, 5.74) is 1.40. The Morgan fingerprint density at radius 3 is 2.41 bits per heavy atom. The molecule has 2 aromatic rings. The van der Waals surface area contributed by atoms with Crippen molar-refractivity contribution in [3.8, 4) is 5.75 Å².